The predicted octanol–water partition coefficient (Wildman–Crippen LogP) is 1.16. The maximum atomic E-state index is 9.06. The molecule has 0 heterocycles. The first-order valence-electron chi connectivity index (χ1n) is 5.62. The molecule has 0 unspecified atom stereocenters. The largest absolute Gasteiger partial charge is 0.392 e. The molecule has 0 bridgehead atoms. The van der Waals surface area contributed by atoms with Crippen molar-refractivity contribution in [2.24, 2.45) is 4.99 Å². The van der Waals surface area contributed by atoms with E-state index in [2.05, 4.69) is 4.99 Å². The lowest BCUT2D eigenvalue weighted by molar-refractivity contribution is 0.281. The van der Waals surface area contributed by atoms with Gasteiger partial charge in [0.1, 0.15) is 0 Å². The van der Waals surface area contributed by atoms with Gasteiger partial charge in [0.05, 0.1) is 13.2 Å². The summed E-state index contributed by atoms with van der Waals surface area (Å²) in [5, 5.41) is 9.06. The summed E-state index contributed by atoms with van der Waals surface area (Å²) in [7, 11) is 7.90. The molecule has 1 aromatic rings. The molecule has 4 nitrogen and oxygen atoms in total. The minimum Gasteiger partial charge on any atom is -0.392 e. The van der Waals surface area contributed by atoms with E-state index in [1.807, 2.05) is 62.3 Å². The second-order valence-corrected chi connectivity index (χ2v) is 4.38. The smallest absolute Gasteiger partial charge is 0.195 e. The standard InChI is InChI=1S/C13H21N3O/c1-15(2)13(16(3)4)14-9-11-6-5-7-12(8-11)10-17/h5-8,17H,9-10H2,1-4H3. The number of rotatable bonds is 3. The third-order valence-electron chi connectivity index (χ3n) is 2.38. The number of aliphatic imine (C=N–C) groups is 1. The Morgan fingerprint density at radius 3 is 2.24 bits per heavy atom. The third-order valence-corrected chi connectivity index (χ3v) is 2.38. The van der Waals surface area contributed by atoms with Gasteiger partial charge in [0.2, 0.25) is 0 Å². The Kier molecular flexibility index (Phi) is 4.97. The summed E-state index contributed by atoms with van der Waals surface area (Å²) >= 11 is 0. The molecular formula is C13H21N3O. The van der Waals surface area contributed by atoms with Crippen LogP contribution >= 0.6 is 0 Å². The summed E-state index contributed by atoms with van der Waals surface area (Å²) in [5.74, 6) is 0.930. The Labute approximate surface area is 103 Å². The van der Waals surface area contributed by atoms with Gasteiger partial charge in [0.15, 0.2) is 5.96 Å². The minimum atomic E-state index is 0.0752. The van der Waals surface area contributed by atoms with Crippen LogP contribution in [0.1, 0.15) is 11.1 Å². The summed E-state index contributed by atoms with van der Waals surface area (Å²) in [4.78, 5) is 8.52. The number of hydrogen-bond donors (Lipinski definition) is 1. The van der Waals surface area contributed by atoms with Gasteiger partial charge in [0, 0.05) is 28.2 Å². The van der Waals surface area contributed by atoms with E-state index >= 15 is 0 Å². The molecule has 0 aliphatic heterocycles. The Bertz CT molecular complexity index is 376. The molecule has 0 aliphatic carbocycles. The zero-order valence-electron chi connectivity index (χ0n) is 11.0. The molecular weight excluding hydrogens is 214 g/mol. The molecule has 0 radical (unpaired) electrons. The van der Waals surface area contributed by atoms with Crippen LogP contribution < -0.4 is 0 Å². The van der Waals surface area contributed by atoms with Gasteiger partial charge in [-0.1, -0.05) is 24.3 Å². The molecule has 0 aliphatic rings. The van der Waals surface area contributed by atoms with Gasteiger partial charge in [0.25, 0.3) is 0 Å². The van der Waals surface area contributed by atoms with Gasteiger partial charge in [-0.3, -0.25) is 0 Å². The van der Waals surface area contributed by atoms with Crippen LogP contribution in [0.5, 0.6) is 0 Å². The van der Waals surface area contributed by atoms with Crippen molar-refractivity contribution in [1.29, 1.82) is 0 Å². The lowest BCUT2D eigenvalue weighted by atomic mass is 10.1. The fraction of sp³-hybridized carbons (Fsp3) is 0.462. The van der Waals surface area contributed by atoms with Crippen LogP contribution in [0.2, 0.25) is 0 Å². The normalized spacial score (nSPS) is 9.94. The highest BCUT2D eigenvalue weighted by Gasteiger charge is 2.03. The Morgan fingerprint density at radius 1 is 1.12 bits per heavy atom. The number of hydrogen-bond acceptors (Lipinski definition) is 2. The van der Waals surface area contributed by atoms with Crippen LogP contribution in [-0.4, -0.2) is 49.1 Å². The third kappa shape index (κ3) is 4.07. The first kappa shape index (κ1) is 13.5. The summed E-state index contributed by atoms with van der Waals surface area (Å²) in [5.41, 5.74) is 2.03. The lowest BCUT2D eigenvalue weighted by Gasteiger charge is -2.22. The number of nitrogens with zero attached hydrogens (tertiary/aromatic N) is 3. The van der Waals surface area contributed by atoms with Crippen LogP contribution in [-0.2, 0) is 13.2 Å². The molecule has 94 valence electrons. The van der Waals surface area contributed by atoms with E-state index < -0.39 is 0 Å². The molecule has 0 spiro atoms. The zero-order chi connectivity index (χ0) is 12.8. The highest BCUT2D eigenvalue weighted by Crippen LogP contribution is 2.07. The molecule has 0 saturated heterocycles. The van der Waals surface area contributed by atoms with Crippen molar-refractivity contribution >= 4 is 5.96 Å². The Morgan fingerprint density at radius 2 is 1.71 bits per heavy atom. The van der Waals surface area contributed by atoms with Crippen molar-refractivity contribution in [1.82, 2.24) is 9.80 Å². The van der Waals surface area contributed by atoms with Crippen molar-refractivity contribution in [3.05, 3.63) is 35.4 Å². The van der Waals surface area contributed by atoms with Gasteiger partial charge < -0.3 is 14.9 Å². The van der Waals surface area contributed by atoms with Crippen molar-refractivity contribution in [3.63, 3.8) is 0 Å². The molecule has 1 N–H and O–H groups in total. The van der Waals surface area contributed by atoms with E-state index in [4.69, 9.17) is 5.11 Å². The Hall–Kier alpha value is -1.55. The molecule has 4 heteroatoms. The molecule has 0 atom stereocenters. The summed E-state index contributed by atoms with van der Waals surface area (Å²) < 4.78 is 0. The maximum Gasteiger partial charge on any atom is 0.195 e. The number of benzene rings is 1. The highest BCUT2D eigenvalue weighted by atomic mass is 16.3. The van der Waals surface area contributed by atoms with E-state index in [0.29, 0.717) is 6.54 Å². The predicted molar refractivity (Wildman–Crippen MR) is 70.9 cm³/mol. The fourth-order valence-electron chi connectivity index (χ4n) is 1.67. The molecule has 0 saturated carbocycles. The topological polar surface area (TPSA) is 39.1 Å². The second-order valence-electron chi connectivity index (χ2n) is 4.38. The number of aliphatic hydroxyl groups is 1. The molecule has 0 amide bonds. The minimum absolute atomic E-state index is 0.0752. The first-order chi connectivity index (χ1) is 8.04. The Balaban J connectivity index is 2.79. The highest BCUT2D eigenvalue weighted by molar-refractivity contribution is 5.79. The first-order valence-corrected chi connectivity index (χ1v) is 5.62. The summed E-state index contributed by atoms with van der Waals surface area (Å²) in [6, 6.07) is 7.85. The fourth-order valence-corrected chi connectivity index (χ4v) is 1.67. The molecule has 0 aromatic heterocycles. The van der Waals surface area contributed by atoms with Crippen molar-refractivity contribution in [2.45, 2.75) is 13.2 Å². The van der Waals surface area contributed by atoms with E-state index in [-0.39, 0.29) is 6.61 Å². The molecule has 1 rings (SSSR count). The zero-order valence-corrected chi connectivity index (χ0v) is 11.0. The average molecular weight is 235 g/mol. The monoisotopic (exact) mass is 235 g/mol. The molecule has 1 aromatic carbocycles. The van der Waals surface area contributed by atoms with E-state index in [0.717, 1.165) is 17.1 Å². The van der Waals surface area contributed by atoms with Crippen LogP contribution in [0.25, 0.3) is 0 Å². The van der Waals surface area contributed by atoms with Gasteiger partial charge >= 0.3 is 0 Å². The summed E-state index contributed by atoms with van der Waals surface area (Å²) in [6.45, 7) is 0.700. The van der Waals surface area contributed by atoms with Crippen LogP contribution in [0.3, 0.4) is 0 Å². The second kappa shape index (κ2) is 6.25. The van der Waals surface area contributed by atoms with Crippen molar-refractivity contribution in [3.8, 4) is 0 Å². The lowest BCUT2D eigenvalue weighted by Crippen LogP contribution is -2.35. The van der Waals surface area contributed by atoms with Crippen molar-refractivity contribution < 1.29 is 5.11 Å². The van der Waals surface area contributed by atoms with Crippen molar-refractivity contribution in [2.75, 3.05) is 28.2 Å². The van der Waals surface area contributed by atoms with E-state index in [1.54, 1.807) is 0 Å². The van der Waals surface area contributed by atoms with E-state index in [9.17, 15) is 0 Å². The summed E-state index contributed by atoms with van der Waals surface area (Å²) in [6.07, 6.45) is 0. The van der Waals surface area contributed by atoms with Crippen LogP contribution in [0, 0.1) is 0 Å². The number of aliphatic hydroxyl groups excluding tert-OH is 1. The van der Waals surface area contributed by atoms with Gasteiger partial charge in [-0.05, 0) is 11.1 Å². The average Bonchev–Trinajstić information content (AvgIpc) is 2.28. The molecule has 0 fully saturated rings. The van der Waals surface area contributed by atoms with Gasteiger partial charge in [-0.15, -0.1) is 0 Å². The molecule has 17 heavy (non-hydrogen) atoms. The SMILES string of the molecule is CN(C)C(=NCc1cccc(CO)c1)N(C)C. The van der Waals surface area contributed by atoms with E-state index in [1.165, 1.54) is 0 Å². The van der Waals surface area contributed by atoms with Crippen LogP contribution in [0.15, 0.2) is 29.3 Å². The maximum absolute atomic E-state index is 9.06. The van der Waals surface area contributed by atoms with Gasteiger partial charge in [-0.2, -0.15) is 0 Å². The van der Waals surface area contributed by atoms with Crippen LogP contribution in [0.4, 0.5) is 0 Å². The number of guanidine groups is 1. The van der Waals surface area contributed by atoms with Gasteiger partial charge in [-0.25, -0.2) is 4.99 Å². The quantitative estimate of drug-likeness (QED) is 0.631.